The summed E-state index contributed by atoms with van der Waals surface area (Å²) in [4.78, 5) is 41.2. The third kappa shape index (κ3) is 8.55. The number of ketones is 1. The molecule has 8 aliphatic carbocycles. The summed E-state index contributed by atoms with van der Waals surface area (Å²) in [6.45, 7) is 13.0. The van der Waals surface area contributed by atoms with E-state index in [1.807, 2.05) is 24.9 Å². The second-order valence-electron chi connectivity index (χ2n) is 23.6. The molecule has 0 radical (unpaired) electrons. The number of anilines is 1. The molecule has 6 saturated carbocycles. The topological polar surface area (TPSA) is 157 Å². The highest BCUT2D eigenvalue weighted by molar-refractivity contribution is 5.93. The number of aliphatic hydroxyl groups excluding tert-OH is 3. The standard InChI is InChI=1S/C58H80N2O8/c1-8-25-58(67)27-24-46-43-17-13-36-28-39(61)16-18-42(36)52(43)45(32-57(46,58)5)35-11-14-38(15-12-35)60(6)34(3)10-21-48(55(66)68-7)59-51(65)22-9-33(2)41-19-20-44-53(41)50(64)31-47-54(44)49(63)30-37-29-40(62)23-26-56(37,47)4/h11-12,14-15,28,33,37,40-41,43-50,53-54,62-64,67H,3,9-10,13,16-24,26-27,29-32H2,1-2,4-7H3,(H,59,65)/t33-,37?,40-,41?,43?,44?,45-,46?,47?,48+,49-,50+,53?,54?,56?,57+,58+/m1/s1. The first-order valence-corrected chi connectivity index (χ1v) is 26.5. The number of nitrogens with one attached hydrogen (secondary N) is 1. The van der Waals surface area contributed by atoms with Crippen molar-refractivity contribution in [2.75, 3.05) is 19.1 Å². The Morgan fingerprint density at radius 2 is 1.68 bits per heavy atom. The number of rotatable bonds is 12. The second kappa shape index (κ2) is 19.1. The molecule has 0 spiro atoms. The van der Waals surface area contributed by atoms with Crippen molar-refractivity contribution in [2.45, 2.75) is 179 Å². The maximum atomic E-state index is 13.6. The van der Waals surface area contributed by atoms with E-state index in [0.29, 0.717) is 50.4 Å². The third-order valence-electron chi connectivity index (χ3n) is 20.5. The molecule has 17 atom stereocenters. The van der Waals surface area contributed by atoms with Crippen LogP contribution < -0.4 is 10.2 Å². The largest absolute Gasteiger partial charge is 0.467 e. The van der Waals surface area contributed by atoms with Crippen LogP contribution >= 0.6 is 0 Å². The molecular formula is C58H80N2O8. The van der Waals surface area contributed by atoms with E-state index in [1.54, 1.807) is 0 Å². The van der Waals surface area contributed by atoms with Crippen LogP contribution in [0.5, 0.6) is 0 Å². The molecule has 9 unspecified atom stereocenters. The van der Waals surface area contributed by atoms with Gasteiger partial charge in [-0.2, -0.15) is 0 Å². The van der Waals surface area contributed by atoms with Crippen molar-refractivity contribution in [3.05, 3.63) is 64.9 Å². The van der Waals surface area contributed by atoms with Crippen LogP contribution in [0.1, 0.15) is 155 Å². The van der Waals surface area contributed by atoms with Gasteiger partial charge in [0.1, 0.15) is 11.6 Å². The first-order valence-electron chi connectivity index (χ1n) is 26.5. The van der Waals surface area contributed by atoms with Crippen LogP contribution in [0.25, 0.3) is 0 Å². The lowest BCUT2D eigenvalue weighted by atomic mass is 9.45. The van der Waals surface area contributed by atoms with Crippen LogP contribution in [-0.4, -0.2) is 82.2 Å². The number of allylic oxidation sites excluding steroid dienone is 5. The minimum atomic E-state index is -1.03. The van der Waals surface area contributed by atoms with Crippen molar-refractivity contribution in [3.63, 3.8) is 0 Å². The molecule has 1 aromatic rings. The number of carbonyl (C=O) groups excluding carboxylic acids is 3. The molecule has 6 fully saturated rings. The number of hydrogen-bond donors (Lipinski definition) is 5. The van der Waals surface area contributed by atoms with Crippen LogP contribution in [0, 0.1) is 75.9 Å². The van der Waals surface area contributed by atoms with Crippen LogP contribution in [0.3, 0.4) is 0 Å². The molecule has 0 bridgehead atoms. The van der Waals surface area contributed by atoms with Gasteiger partial charge in [0.15, 0.2) is 5.78 Å². The highest BCUT2D eigenvalue weighted by Crippen LogP contribution is 2.67. The summed E-state index contributed by atoms with van der Waals surface area (Å²) in [5.74, 6) is 8.20. The summed E-state index contributed by atoms with van der Waals surface area (Å²) in [6, 6.07) is 7.84. The summed E-state index contributed by atoms with van der Waals surface area (Å²) in [5, 5.41) is 48.9. The van der Waals surface area contributed by atoms with Gasteiger partial charge in [0.2, 0.25) is 5.91 Å². The Bertz CT molecular complexity index is 2260. The molecule has 0 saturated heterocycles. The fourth-order valence-corrected chi connectivity index (χ4v) is 16.8. The Kier molecular flexibility index (Phi) is 13.8. The van der Waals surface area contributed by atoms with E-state index in [-0.39, 0.29) is 82.4 Å². The van der Waals surface area contributed by atoms with Crippen molar-refractivity contribution < 1.29 is 39.5 Å². The Balaban J connectivity index is 0.816. The van der Waals surface area contributed by atoms with Crippen molar-refractivity contribution in [1.29, 1.82) is 0 Å². The third-order valence-corrected chi connectivity index (χ3v) is 20.5. The Morgan fingerprint density at radius 1 is 0.926 bits per heavy atom. The zero-order valence-corrected chi connectivity index (χ0v) is 41.8. The van der Waals surface area contributed by atoms with E-state index in [1.165, 1.54) is 29.4 Å². The molecule has 8 aliphatic rings. The van der Waals surface area contributed by atoms with E-state index >= 15 is 0 Å². The number of esters is 1. The molecule has 1 amide bonds. The maximum absolute atomic E-state index is 13.6. The fraction of sp³-hybridized carbons (Fsp3) is 0.707. The van der Waals surface area contributed by atoms with Gasteiger partial charge >= 0.3 is 5.97 Å². The predicted octanol–water partition coefficient (Wildman–Crippen LogP) is 8.72. The molecule has 0 aliphatic heterocycles. The monoisotopic (exact) mass is 933 g/mol. The van der Waals surface area contributed by atoms with Gasteiger partial charge in [-0.15, -0.1) is 5.92 Å². The van der Waals surface area contributed by atoms with Gasteiger partial charge in [-0.3, -0.25) is 9.59 Å². The average Bonchev–Trinajstić information content (AvgIpc) is 3.88. The maximum Gasteiger partial charge on any atom is 0.328 e. The summed E-state index contributed by atoms with van der Waals surface area (Å²) < 4.78 is 5.17. The summed E-state index contributed by atoms with van der Waals surface area (Å²) >= 11 is 0. The molecular weight excluding hydrogens is 853 g/mol. The first kappa shape index (κ1) is 49.2. The lowest BCUT2D eigenvalue weighted by Gasteiger charge is -2.61. The van der Waals surface area contributed by atoms with Crippen LogP contribution in [-0.2, 0) is 19.1 Å². The van der Waals surface area contributed by atoms with Gasteiger partial charge in [-0.05, 0) is 203 Å². The number of fused-ring (bicyclic) bond motifs is 9. The van der Waals surface area contributed by atoms with E-state index < -0.39 is 29.8 Å². The Hall–Kier alpha value is -3.75. The molecule has 1 aromatic carbocycles. The molecule has 370 valence electrons. The first-order chi connectivity index (χ1) is 32.4. The number of aliphatic hydroxyl groups is 4. The van der Waals surface area contributed by atoms with Crippen LogP contribution in [0.2, 0.25) is 0 Å². The molecule has 5 N–H and O–H groups in total. The van der Waals surface area contributed by atoms with Crippen LogP contribution in [0.4, 0.5) is 5.69 Å². The van der Waals surface area contributed by atoms with E-state index in [9.17, 15) is 34.8 Å². The SMILES string of the molecule is C=C(CC[C@H](NC(=O)CC[C@@H](C)C1CCC2C3C(C[C@H](O)C21)C1(C)CC[C@@H](O)CC1C[C@H]3O)C(=O)OC)N(C)c1ccc([C@H]2C[C@@]3(C)C(CC[C@@]3(O)C#CC)C3CCC4=CC(=O)CCC4=C32)cc1. The van der Waals surface area contributed by atoms with Crippen LogP contribution in [0.15, 0.2) is 59.3 Å². The van der Waals surface area contributed by atoms with Gasteiger partial charge < -0.3 is 35.4 Å². The molecule has 0 aromatic heterocycles. The molecule has 68 heavy (non-hydrogen) atoms. The zero-order valence-electron chi connectivity index (χ0n) is 41.8. The van der Waals surface area contributed by atoms with Gasteiger partial charge in [0.05, 0.1) is 25.4 Å². The summed E-state index contributed by atoms with van der Waals surface area (Å²) in [7, 11) is 3.32. The normalized spacial score (nSPS) is 40.1. The lowest BCUT2D eigenvalue weighted by Crippen LogP contribution is -2.59. The number of nitrogens with zero attached hydrogens (tertiary/aromatic N) is 1. The van der Waals surface area contributed by atoms with E-state index in [2.05, 4.69) is 68.8 Å². The summed E-state index contributed by atoms with van der Waals surface area (Å²) in [6.07, 6.45) is 14.0. The number of benzene rings is 1. The molecule has 10 nitrogen and oxygen atoms in total. The summed E-state index contributed by atoms with van der Waals surface area (Å²) in [5.41, 5.74) is 5.67. The predicted molar refractivity (Wildman–Crippen MR) is 264 cm³/mol. The Labute approximate surface area is 405 Å². The van der Waals surface area contributed by atoms with Gasteiger partial charge in [-0.25, -0.2) is 4.79 Å². The van der Waals surface area contributed by atoms with E-state index in [0.717, 1.165) is 82.0 Å². The number of methoxy groups -OCH3 is 1. The van der Waals surface area contributed by atoms with E-state index in [4.69, 9.17) is 4.74 Å². The quantitative estimate of drug-likeness (QED) is 0.102. The fourth-order valence-electron chi connectivity index (χ4n) is 16.8. The zero-order chi connectivity index (χ0) is 48.4. The minimum absolute atomic E-state index is 0.0373. The minimum Gasteiger partial charge on any atom is -0.467 e. The van der Waals surface area contributed by atoms with Crippen molar-refractivity contribution in [3.8, 4) is 11.8 Å². The van der Waals surface area contributed by atoms with Gasteiger partial charge in [0, 0.05) is 42.6 Å². The second-order valence-corrected chi connectivity index (χ2v) is 23.6. The number of hydrogen-bond acceptors (Lipinski definition) is 9. The van der Waals surface area contributed by atoms with Crippen molar-refractivity contribution in [2.24, 2.45) is 64.1 Å². The van der Waals surface area contributed by atoms with Gasteiger partial charge in [0.25, 0.3) is 0 Å². The molecule has 10 heteroatoms. The lowest BCUT2D eigenvalue weighted by molar-refractivity contribution is -0.181. The number of carbonyl (C=O) groups is 3. The van der Waals surface area contributed by atoms with Gasteiger partial charge in [-0.1, -0.05) is 51.0 Å². The Morgan fingerprint density at radius 3 is 2.41 bits per heavy atom. The smallest absolute Gasteiger partial charge is 0.328 e. The van der Waals surface area contributed by atoms with Crippen molar-refractivity contribution >= 4 is 23.3 Å². The molecule has 0 heterocycles. The highest BCUT2D eigenvalue weighted by Gasteiger charge is 2.64. The van der Waals surface area contributed by atoms with Crippen molar-refractivity contribution in [1.82, 2.24) is 5.32 Å². The highest BCUT2D eigenvalue weighted by atomic mass is 16.5. The average molecular weight is 933 g/mol. The number of amides is 1. The number of ether oxygens (including phenoxy) is 1. The molecule has 9 rings (SSSR count).